The number of hydrogen-bond donors (Lipinski definition) is 6. The lowest BCUT2D eigenvalue weighted by atomic mass is 10.1. The summed E-state index contributed by atoms with van der Waals surface area (Å²) in [6.45, 7) is 2.87. The molecular formula is C13H17N5O6S. The minimum Gasteiger partial charge on any atom is -0.394 e. The number of allylic oxidation sites excluding steroid dienone is 1. The minimum absolute atomic E-state index is 0.00556. The number of aromatic amines is 1. The Morgan fingerprint density at radius 1 is 1.52 bits per heavy atom. The lowest BCUT2D eigenvalue weighted by molar-refractivity contribution is -0.0548. The van der Waals surface area contributed by atoms with Crippen LogP contribution in [0.15, 0.2) is 22.2 Å². The Morgan fingerprint density at radius 3 is 2.76 bits per heavy atom. The van der Waals surface area contributed by atoms with Gasteiger partial charge in [-0.25, -0.2) is 9.36 Å². The molecule has 2 aromatic rings. The highest BCUT2D eigenvalue weighted by molar-refractivity contribution is 7.81. The molecule has 3 heterocycles. The molecule has 0 bridgehead atoms. The topological polar surface area (TPSA) is 169 Å². The van der Waals surface area contributed by atoms with E-state index in [9.17, 15) is 24.9 Å². The number of H-pyrrole nitrogens is 1. The quantitative estimate of drug-likeness (QED) is 0.195. The third kappa shape index (κ3) is 2.49. The van der Waals surface area contributed by atoms with Crippen molar-refractivity contribution in [1.82, 2.24) is 19.1 Å². The van der Waals surface area contributed by atoms with Gasteiger partial charge in [0.1, 0.15) is 12.2 Å². The average molecular weight is 371 g/mol. The van der Waals surface area contributed by atoms with E-state index in [4.69, 9.17) is 10.5 Å². The number of thiol groups is 1. The summed E-state index contributed by atoms with van der Waals surface area (Å²) < 4.78 is 7.36. The molecule has 12 heteroatoms. The fourth-order valence-corrected chi connectivity index (χ4v) is 3.12. The number of anilines is 1. The van der Waals surface area contributed by atoms with Crippen molar-refractivity contribution in [3.05, 3.63) is 33.5 Å². The number of aliphatic hydroxyl groups excluding tert-OH is 2. The first-order valence-corrected chi connectivity index (χ1v) is 7.69. The smallest absolute Gasteiger partial charge is 0.333 e. The third-order valence-electron chi connectivity index (χ3n) is 4.04. The SMILES string of the molecule is C=CCn1c(=O)n([C@@H]2O[C@H](CO)C(O)(S)[C@H]2O)c2nc(N)[nH]c(=O)c21. The monoisotopic (exact) mass is 371 g/mol. The predicted octanol–water partition coefficient (Wildman–Crippen LogP) is -2.48. The van der Waals surface area contributed by atoms with Crippen LogP contribution in [0.5, 0.6) is 0 Å². The number of nitrogens with zero attached hydrogens (tertiary/aromatic N) is 3. The van der Waals surface area contributed by atoms with E-state index in [1.165, 1.54) is 6.08 Å². The van der Waals surface area contributed by atoms with Crippen LogP contribution in [0.4, 0.5) is 5.95 Å². The second-order valence-electron chi connectivity index (χ2n) is 5.60. The molecule has 3 rings (SSSR count). The summed E-state index contributed by atoms with van der Waals surface area (Å²) in [4.78, 5) is 29.1. The molecule has 0 amide bonds. The van der Waals surface area contributed by atoms with Crippen molar-refractivity contribution in [2.45, 2.75) is 29.9 Å². The van der Waals surface area contributed by atoms with Crippen LogP contribution in [0.1, 0.15) is 6.23 Å². The number of imidazole rings is 1. The molecule has 0 radical (unpaired) electrons. The molecule has 136 valence electrons. The first kappa shape index (κ1) is 17.7. The minimum atomic E-state index is -2.11. The Kier molecular flexibility index (Phi) is 4.25. The van der Waals surface area contributed by atoms with Crippen molar-refractivity contribution < 1.29 is 20.1 Å². The highest BCUT2D eigenvalue weighted by Crippen LogP contribution is 2.39. The summed E-state index contributed by atoms with van der Waals surface area (Å²) in [6.07, 6.45) is -2.98. The molecule has 6 N–H and O–H groups in total. The van der Waals surface area contributed by atoms with Crippen molar-refractivity contribution in [2.24, 2.45) is 0 Å². The van der Waals surface area contributed by atoms with Gasteiger partial charge < -0.3 is 25.8 Å². The number of nitrogen functional groups attached to an aromatic ring is 1. The predicted molar refractivity (Wildman–Crippen MR) is 90.2 cm³/mol. The van der Waals surface area contributed by atoms with Crippen LogP contribution in [-0.2, 0) is 11.3 Å². The lowest BCUT2D eigenvalue weighted by Gasteiger charge is -2.23. The number of fused-ring (bicyclic) bond motifs is 1. The Bertz CT molecular complexity index is 947. The third-order valence-corrected chi connectivity index (χ3v) is 4.60. The highest BCUT2D eigenvalue weighted by Gasteiger charge is 2.54. The van der Waals surface area contributed by atoms with Crippen molar-refractivity contribution in [3.8, 4) is 0 Å². The van der Waals surface area contributed by atoms with Crippen LogP contribution in [-0.4, -0.2) is 58.2 Å². The van der Waals surface area contributed by atoms with Crippen LogP contribution in [0.3, 0.4) is 0 Å². The molecule has 0 spiro atoms. The highest BCUT2D eigenvalue weighted by atomic mass is 32.1. The Hall–Kier alpha value is -2.12. The van der Waals surface area contributed by atoms with Crippen LogP contribution in [0, 0.1) is 0 Å². The maximum atomic E-state index is 12.8. The fourth-order valence-electron chi connectivity index (χ4n) is 2.85. The molecule has 1 fully saturated rings. The van der Waals surface area contributed by atoms with Gasteiger partial charge in [0, 0.05) is 6.54 Å². The van der Waals surface area contributed by atoms with Crippen LogP contribution >= 0.6 is 12.6 Å². The van der Waals surface area contributed by atoms with Crippen molar-refractivity contribution in [3.63, 3.8) is 0 Å². The maximum absolute atomic E-state index is 12.8. The van der Waals surface area contributed by atoms with E-state index >= 15 is 0 Å². The molecule has 0 aliphatic carbocycles. The van der Waals surface area contributed by atoms with E-state index < -0.39 is 41.2 Å². The average Bonchev–Trinajstić information content (AvgIpc) is 2.92. The van der Waals surface area contributed by atoms with Gasteiger partial charge in [0.05, 0.1) is 6.61 Å². The van der Waals surface area contributed by atoms with Gasteiger partial charge in [-0.2, -0.15) is 4.98 Å². The fraction of sp³-hybridized carbons (Fsp3) is 0.462. The number of hydrogen-bond acceptors (Lipinski definition) is 9. The van der Waals surface area contributed by atoms with Crippen LogP contribution in [0.25, 0.3) is 11.2 Å². The van der Waals surface area contributed by atoms with Gasteiger partial charge in [-0.15, -0.1) is 19.2 Å². The normalized spacial score (nSPS) is 29.4. The zero-order valence-electron chi connectivity index (χ0n) is 12.9. The molecular weight excluding hydrogens is 354 g/mol. The number of aliphatic hydroxyl groups is 3. The van der Waals surface area contributed by atoms with E-state index in [0.29, 0.717) is 0 Å². The van der Waals surface area contributed by atoms with Crippen LogP contribution < -0.4 is 17.0 Å². The Balaban J connectivity index is 2.31. The molecule has 2 aromatic heterocycles. The number of nitrogens with one attached hydrogen (secondary N) is 1. The second kappa shape index (κ2) is 6.00. The van der Waals surface area contributed by atoms with Gasteiger partial charge in [0.25, 0.3) is 5.56 Å². The van der Waals surface area contributed by atoms with Gasteiger partial charge in [-0.1, -0.05) is 6.08 Å². The number of rotatable bonds is 4. The summed E-state index contributed by atoms with van der Waals surface area (Å²) in [7, 11) is 0. The molecule has 1 aliphatic heterocycles. The number of ether oxygens (including phenoxy) is 1. The maximum Gasteiger partial charge on any atom is 0.333 e. The molecule has 11 nitrogen and oxygen atoms in total. The lowest BCUT2D eigenvalue weighted by Crippen LogP contribution is -2.44. The second-order valence-corrected chi connectivity index (χ2v) is 6.32. The van der Waals surface area contributed by atoms with Crippen LogP contribution in [0.2, 0.25) is 0 Å². The Morgan fingerprint density at radius 2 is 2.20 bits per heavy atom. The molecule has 1 unspecified atom stereocenters. The zero-order chi connectivity index (χ0) is 18.5. The summed E-state index contributed by atoms with van der Waals surface area (Å²) in [5.41, 5.74) is 3.93. The number of aromatic nitrogens is 4. The van der Waals surface area contributed by atoms with Gasteiger partial charge in [0.2, 0.25) is 5.95 Å². The Labute approximate surface area is 145 Å². The van der Waals surface area contributed by atoms with E-state index in [0.717, 1.165) is 9.13 Å². The van der Waals surface area contributed by atoms with Gasteiger partial charge in [-0.3, -0.25) is 14.3 Å². The van der Waals surface area contributed by atoms with E-state index in [1.54, 1.807) is 0 Å². The molecule has 4 atom stereocenters. The van der Waals surface area contributed by atoms with Gasteiger partial charge in [0.15, 0.2) is 22.3 Å². The molecule has 25 heavy (non-hydrogen) atoms. The largest absolute Gasteiger partial charge is 0.394 e. The van der Waals surface area contributed by atoms with Crippen molar-refractivity contribution in [1.29, 1.82) is 0 Å². The first-order valence-electron chi connectivity index (χ1n) is 7.24. The van der Waals surface area contributed by atoms with E-state index in [2.05, 4.69) is 29.2 Å². The summed E-state index contributed by atoms with van der Waals surface area (Å²) in [5, 5.41) is 29.9. The summed E-state index contributed by atoms with van der Waals surface area (Å²) >= 11 is 3.91. The molecule has 1 aliphatic rings. The van der Waals surface area contributed by atoms with E-state index in [-0.39, 0.29) is 23.7 Å². The zero-order valence-corrected chi connectivity index (χ0v) is 13.8. The molecule has 1 saturated heterocycles. The van der Waals surface area contributed by atoms with Crippen molar-refractivity contribution >= 4 is 29.7 Å². The number of nitrogens with two attached hydrogens (primary N) is 1. The summed E-state index contributed by atoms with van der Waals surface area (Å²) in [6, 6.07) is 0. The molecule has 0 aromatic carbocycles. The molecule has 0 saturated carbocycles. The van der Waals surface area contributed by atoms with E-state index in [1.807, 2.05) is 0 Å². The summed E-state index contributed by atoms with van der Waals surface area (Å²) in [5.74, 6) is -0.241. The first-order chi connectivity index (χ1) is 11.7. The van der Waals surface area contributed by atoms with Crippen molar-refractivity contribution in [2.75, 3.05) is 12.3 Å². The van der Waals surface area contributed by atoms with Gasteiger partial charge in [-0.05, 0) is 0 Å². The standard InChI is InChI=1S/C13H17N5O6S/c1-2-3-17-6-8(15-11(14)16-9(6)21)18(12(17)22)10-7(20)13(23,25)5(4-19)24-10/h2,5,7,10,19-20,23,25H,1,3-4H2,(H3,14,15,16,21)/t5-,7+,10-,13?/m1/s1. The van der Waals surface area contributed by atoms with Gasteiger partial charge >= 0.3 is 5.69 Å².